The van der Waals surface area contributed by atoms with Crippen LogP contribution in [0, 0.1) is 11.7 Å². The lowest BCUT2D eigenvalue weighted by Crippen LogP contribution is -2.30. The number of rotatable bonds is 3. The molecule has 2 aromatic carbocycles. The second kappa shape index (κ2) is 6.36. The Hall–Kier alpha value is -2.62. The molecule has 128 valence electrons. The van der Waals surface area contributed by atoms with E-state index in [-0.39, 0.29) is 23.7 Å². The summed E-state index contributed by atoms with van der Waals surface area (Å²) >= 11 is 0. The predicted molar refractivity (Wildman–Crippen MR) is 95.2 cm³/mol. The molecule has 0 saturated heterocycles. The first kappa shape index (κ1) is 15.9. The van der Waals surface area contributed by atoms with Gasteiger partial charge < -0.3 is 10.1 Å². The average Bonchev–Trinajstić information content (AvgIpc) is 3.11. The van der Waals surface area contributed by atoms with Crippen LogP contribution in [-0.4, -0.2) is 12.6 Å². The highest BCUT2D eigenvalue weighted by Crippen LogP contribution is 2.50. The van der Waals surface area contributed by atoms with Crippen LogP contribution < -0.4 is 5.32 Å². The summed E-state index contributed by atoms with van der Waals surface area (Å²) in [4.78, 5) is 12.4. The molecule has 0 saturated carbocycles. The summed E-state index contributed by atoms with van der Waals surface area (Å²) in [6, 6.07) is 12.4. The largest absolute Gasteiger partial charge is 0.462 e. The molecule has 1 aliphatic heterocycles. The van der Waals surface area contributed by atoms with Crippen LogP contribution in [0.25, 0.3) is 0 Å². The van der Waals surface area contributed by atoms with Gasteiger partial charge in [0.15, 0.2) is 0 Å². The summed E-state index contributed by atoms with van der Waals surface area (Å²) in [5.41, 5.74) is 3.56. The topological polar surface area (TPSA) is 38.3 Å². The SMILES string of the molecule is CCOC(=O)c1cccc2c1N[C@H](c1ccc(F)cc1)[C@@H]1CC=C[C@H]21. The molecule has 0 aromatic heterocycles. The maximum atomic E-state index is 13.3. The van der Waals surface area contributed by atoms with Gasteiger partial charge in [0, 0.05) is 5.92 Å². The Kier molecular flexibility index (Phi) is 4.04. The molecule has 1 aliphatic carbocycles. The van der Waals surface area contributed by atoms with Crippen molar-refractivity contribution in [3.63, 3.8) is 0 Å². The number of hydrogen-bond donors (Lipinski definition) is 1. The molecule has 4 heteroatoms. The lowest BCUT2D eigenvalue weighted by Gasteiger charge is -2.38. The molecule has 1 heterocycles. The van der Waals surface area contributed by atoms with E-state index >= 15 is 0 Å². The normalized spacial score (nSPS) is 23.5. The number of benzene rings is 2. The van der Waals surface area contributed by atoms with Crippen molar-refractivity contribution >= 4 is 11.7 Å². The highest BCUT2D eigenvalue weighted by atomic mass is 19.1. The Morgan fingerprint density at radius 3 is 2.80 bits per heavy atom. The van der Waals surface area contributed by atoms with Crippen LogP contribution >= 0.6 is 0 Å². The number of esters is 1. The minimum absolute atomic E-state index is 0.0312. The molecule has 0 unspecified atom stereocenters. The van der Waals surface area contributed by atoms with Gasteiger partial charge >= 0.3 is 5.97 Å². The summed E-state index contributed by atoms with van der Waals surface area (Å²) in [7, 11) is 0. The number of anilines is 1. The zero-order valence-corrected chi connectivity index (χ0v) is 14.0. The Bertz CT molecular complexity index is 828. The van der Waals surface area contributed by atoms with Crippen molar-refractivity contribution < 1.29 is 13.9 Å². The lowest BCUT2D eigenvalue weighted by atomic mass is 9.76. The monoisotopic (exact) mass is 337 g/mol. The van der Waals surface area contributed by atoms with Crippen molar-refractivity contribution in [3.8, 4) is 0 Å². The molecule has 0 fully saturated rings. The van der Waals surface area contributed by atoms with E-state index in [1.807, 2.05) is 18.2 Å². The van der Waals surface area contributed by atoms with E-state index in [9.17, 15) is 9.18 Å². The van der Waals surface area contributed by atoms with Crippen LogP contribution in [0.3, 0.4) is 0 Å². The second-order valence-corrected chi connectivity index (χ2v) is 6.52. The fourth-order valence-electron chi connectivity index (χ4n) is 4.00. The molecule has 0 amide bonds. The van der Waals surface area contributed by atoms with Crippen LogP contribution in [0.2, 0.25) is 0 Å². The van der Waals surface area contributed by atoms with Crippen LogP contribution in [0.15, 0.2) is 54.6 Å². The fraction of sp³-hybridized carbons (Fsp3) is 0.286. The molecule has 0 radical (unpaired) electrons. The standard InChI is InChI=1S/C21H20FNO2/c1-2-25-21(24)18-8-4-7-17-15-5-3-6-16(15)19(23-20(17)18)13-9-11-14(22)12-10-13/h3-5,7-12,15-16,19,23H,2,6H2,1H3/t15-,16+,19+/m0/s1. The number of ether oxygens (including phenoxy) is 1. The van der Waals surface area contributed by atoms with E-state index in [4.69, 9.17) is 4.74 Å². The number of nitrogens with one attached hydrogen (secondary N) is 1. The summed E-state index contributed by atoms with van der Waals surface area (Å²) in [5, 5.41) is 3.55. The van der Waals surface area contributed by atoms with Crippen LogP contribution in [0.5, 0.6) is 0 Å². The van der Waals surface area contributed by atoms with Crippen molar-refractivity contribution in [1.29, 1.82) is 0 Å². The molecule has 2 aromatic rings. The lowest BCUT2D eigenvalue weighted by molar-refractivity contribution is 0.0527. The van der Waals surface area contributed by atoms with Crippen LogP contribution in [-0.2, 0) is 4.74 Å². The number of allylic oxidation sites excluding steroid dienone is 2. The quantitative estimate of drug-likeness (QED) is 0.644. The number of carbonyl (C=O) groups is 1. The number of para-hydroxylation sites is 1. The van der Waals surface area contributed by atoms with Crippen LogP contribution in [0.1, 0.15) is 46.8 Å². The third kappa shape index (κ3) is 2.72. The Balaban J connectivity index is 1.79. The van der Waals surface area contributed by atoms with E-state index < -0.39 is 0 Å². The van der Waals surface area contributed by atoms with Gasteiger partial charge in [-0.2, -0.15) is 0 Å². The third-order valence-corrected chi connectivity index (χ3v) is 5.12. The average molecular weight is 337 g/mol. The highest BCUT2D eigenvalue weighted by Gasteiger charge is 2.39. The molecule has 3 nitrogen and oxygen atoms in total. The van der Waals surface area contributed by atoms with Gasteiger partial charge in [0.2, 0.25) is 0 Å². The van der Waals surface area contributed by atoms with E-state index in [1.54, 1.807) is 13.0 Å². The molecule has 4 rings (SSSR count). The van der Waals surface area contributed by atoms with Gasteiger partial charge in [-0.15, -0.1) is 0 Å². The van der Waals surface area contributed by atoms with E-state index in [0.717, 1.165) is 23.2 Å². The number of hydrogen-bond acceptors (Lipinski definition) is 3. The summed E-state index contributed by atoms with van der Waals surface area (Å²) in [5.74, 6) is 0.0505. The molecule has 0 bridgehead atoms. The van der Waals surface area contributed by atoms with Crippen LogP contribution in [0.4, 0.5) is 10.1 Å². The van der Waals surface area contributed by atoms with E-state index in [0.29, 0.717) is 18.1 Å². The van der Waals surface area contributed by atoms with Gasteiger partial charge in [-0.05, 0) is 48.6 Å². The molecule has 25 heavy (non-hydrogen) atoms. The molecule has 0 spiro atoms. The molecule has 1 N–H and O–H groups in total. The van der Waals surface area contributed by atoms with Crippen molar-refractivity contribution in [1.82, 2.24) is 0 Å². The summed E-state index contributed by atoms with van der Waals surface area (Å²) in [6.45, 7) is 2.15. The Morgan fingerprint density at radius 2 is 2.04 bits per heavy atom. The molecular formula is C21H20FNO2. The van der Waals surface area contributed by atoms with Gasteiger partial charge in [0.25, 0.3) is 0 Å². The Labute approximate surface area is 146 Å². The number of halogens is 1. The Morgan fingerprint density at radius 1 is 1.24 bits per heavy atom. The minimum Gasteiger partial charge on any atom is -0.462 e. The van der Waals surface area contributed by atoms with Crippen molar-refractivity contribution in [3.05, 3.63) is 77.1 Å². The van der Waals surface area contributed by atoms with E-state index in [1.165, 1.54) is 12.1 Å². The van der Waals surface area contributed by atoms with Crippen molar-refractivity contribution in [2.75, 3.05) is 11.9 Å². The van der Waals surface area contributed by atoms with Gasteiger partial charge in [0.05, 0.1) is 23.9 Å². The highest BCUT2D eigenvalue weighted by molar-refractivity contribution is 5.97. The second-order valence-electron chi connectivity index (χ2n) is 6.52. The summed E-state index contributed by atoms with van der Waals surface area (Å²) < 4.78 is 18.5. The fourth-order valence-corrected chi connectivity index (χ4v) is 4.00. The zero-order chi connectivity index (χ0) is 17.4. The van der Waals surface area contributed by atoms with Crippen molar-refractivity contribution in [2.24, 2.45) is 5.92 Å². The number of carbonyl (C=O) groups excluding carboxylic acids is 1. The van der Waals surface area contributed by atoms with Gasteiger partial charge in [-0.1, -0.05) is 36.4 Å². The van der Waals surface area contributed by atoms with E-state index in [2.05, 4.69) is 23.5 Å². The maximum Gasteiger partial charge on any atom is 0.340 e. The molecular weight excluding hydrogens is 317 g/mol. The first-order chi connectivity index (χ1) is 12.2. The zero-order valence-electron chi connectivity index (χ0n) is 14.0. The minimum atomic E-state index is -0.315. The summed E-state index contributed by atoms with van der Waals surface area (Å²) in [6.07, 6.45) is 5.37. The van der Waals surface area contributed by atoms with Crippen molar-refractivity contribution in [2.45, 2.75) is 25.3 Å². The number of fused-ring (bicyclic) bond motifs is 3. The third-order valence-electron chi connectivity index (χ3n) is 5.12. The van der Waals surface area contributed by atoms with Gasteiger partial charge in [0.1, 0.15) is 5.82 Å². The predicted octanol–water partition coefficient (Wildman–Crippen LogP) is 4.83. The molecule has 3 atom stereocenters. The smallest absolute Gasteiger partial charge is 0.340 e. The van der Waals surface area contributed by atoms with Gasteiger partial charge in [-0.3, -0.25) is 0 Å². The maximum absolute atomic E-state index is 13.3. The first-order valence-electron chi connectivity index (χ1n) is 8.67. The molecule has 2 aliphatic rings. The van der Waals surface area contributed by atoms with Gasteiger partial charge in [-0.25, -0.2) is 9.18 Å². The first-order valence-corrected chi connectivity index (χ1v) is 8.67.